The number of nitrogens with zero attached hydrogens (tertiary/aromatic N) is 4. The quantitative estimate of drug-likeness (QED) is 0.444. The summed E-state index contributed by atoms with van der Waals surface area (Å²) in [5.74, 6) is 0.712. The molecule has 174 valence electrons. The van der Waals surface area contributed by atoms with Gasteiger partial charge < -0.3 is 9.73 Å². The van der Waals surface area contributed by atoms with Crippen LogP contribution in [0.1, 0.15) is 49.6 Å². The highest BCUT2D eigenvalue weighted by atomic mass is 16.4. The Kier molecular flexibility index (Phi) is 6.37. The van der Waals surface area contributed by atoms with E-state index in [0.29, 0.717) is 24.3 Å². The van der Waals surface area contributed by atoms with Gasteiger partial charge in [-0.3, -0.25) is 9.69 Å². The van der Waals surface area contributed by atoms with Crippen molar-refractivity contribution in [3.05, 3.63) is 70.0 Å². The number of aryl methyl sites for hydroxylation is 1. The van der Waals surface area contributed by atoms with Gasteiger partial charge in [0.05, 0.1) is 18.6 Å². The molecule has 0 saturated heterocycles. The predicted octanol–water partition coefficient (Wildman–Crippen LogP) is 3.60. The highest BCUT2D eigenvalue weighted by molar-refractivity contribution is 5.91. The van der Waals surface area contributed by atoms with Crippen LogP contribution in [0, 0.1) is 6.92 Å². The van der Waals surface area contributed by atoms with Gasteiger partial charge in [-0.05, 0) is 69.8 Å². The number of fused-ring (bicyclic) bond motifs is 3. The molecule has 0 fully saturated rings. The van der Waals surface area contributed by atoms with Gasteiger partial charge in [-0.25, -0.2) is 13.9 Å². The Hall–Kier alpha value is -3.39. The number of pyridine rings is 1. The standard InChI is InChI=1S/C25H31N5O3/c1-16(2)28(17(3)4)15-20-10-11-22(33-20)24(31)26-12-13-29-25(32)30-21-9-7-6-8-19(21)14-18(5)23(30)27-29/h6-11,14,16-17H,12-13,15H2,1-5H3,(H,26,31). The Morgan fingerprint density at radius 1 is 1.12 bits per heavy atom. The van der Waals surface area contributed by atoms with Crippen molar-refractivity contribution in [2.75, 3.05) is 6.54 Å². The monoisotopic (exact) mass is 449 g/mol. The van der Waals surface area contributed by atoms with Crippen molar-refractivity contribution in [2.45, 2.75) is 59.8 Å². The molecule has 0 radical (unpaired) electrons. The molecule has 0 aliphatic carbocycles. The SMILES string of the molecule is Cc1cc2ccccc2n2c(=O)n(CCNC(=O)c3ccc(CN(C(C)C)C(C)C)o3)nc12. The molecule has 0 unspecified atom stereocenters. The van der Waals surface area contributed by atoms with Gasteiger partial charge in [0.15, 0.2) is 11.4 Å². The van der Waals surface area contributed by atoms with Crippen molar-refractivity contribution in [1.29, 1.82) is 0 Å². The topological polar surface area (TPSA) is 84.8 Å². The van der Waals surface area contributed by atoms with Gasteiger partial charge in [-0.15, -0.1) is 5.10 Å². The first kappa shape index (κ1) is 22.8. The molecule has 33 heavy (non-hydrogen) atoms. The lowest BCUT2D eigenvalue weighted by atomic mass is 10.1. The zero-order valence-electron chi connectivity index (χ0n) is 19.8. The molecule has 1 aromatic carbocycles. The van der Waals surface area contributed by atoms with Gasteiger partial charge in [-0.1, -0.05) is 18.2 Å². The normalized spacial score (nSPS) is 12.0. The Labute approximate surface area is 192 Å². The first-order chi connectivity index (χ1) is 15.8. The molecule has 0 bridgehead atoms. The second kappa shape index (κ2) is 9.23. The van der Waals surface area contributed by atoms with Crippen molar-refractivity contribution >= 4 is 22.5 Å². The second-order valence-corrected chi connectivity index (χ2v) is 8.93. The molecule has 0 aliphatic rings. The van der Waals surface area contributed by atoms with Crippen LogP contribution >= 0.6 is 0 Å². The highest BCUT2D eigenvalue weighted by Crippen LogP contribution is 2.18. The fourth-order valence-electron chi connectivity index (χ4n) is 4.23. The number of nitrogens with one attached hydrogen (secondary N) is 1. The molecule has 1 N–H and O–H groups in total. The van der Waals surface area contributed by atoms with Crippen LogP contribution in [0.4, 0.5) is 0 Å². The summed E-state index contributed by atoms with van der Waals surface area (Å²) in [7, 11) is 0. The van der Waals surface area contributed by atoms with Gasteiger partial charge in [0.25, 0.3) is 5.91 Å². The van der Waals surface area contributed by atoms with E-state index in [1.165, 1.54) is 4.68 Å². The number of carbonyl (C=O) groups is 1. The second-order valence-electron chi connectivity index (χ2n) is 8.93. The molecule has 8 nitrogen and oxygen atoms in total. The van der Waals surface area contributed by atoms with E-state index in [2.05, 4.69) is 43.0 Å². The van der Waals surface area contributed by atoms with E-state index in [-0.39, 0.29) is 30.4 Å². The average Bonchev–Trinajstić information content (AvgIpc) is 3.37. The molecular formula is C25H31N5O3. The minimum absolute atomic E-state index is 0.220. The maximum atomic E-state index is 13.0. The summed E-state index contributed by atoms with van der Waals surface area (Å²) in [6.07, 6.45) is 0. The number of aromatic nitrogens is 3. The van der Waals surface area contributed by atoms with E-state index in [0.717, 1.165) is 22.2 Å². The van der Waals surface area contributed by atoms with Gasteiger partial charge >= 0.3 is 5.69 Å². The van der Waals surface area contributed by atoms with Crippen molar-refractivity contribution in [3.63, 3.8) is 0 Å². The Morgan fingerprint density at radius 3 is 2.58 bits per heavy atom. The molecule has 0 aliphatic heterocycles. The molecule has 0 spiro atoms. The van der Waals surface area contributed by atoms with E-state index in [1.807, 2.05) is 43.3 Å². The lowest BCUT2D eigenvalue weighted by molar-refractivity contribution is 0.0917. The van der Waals surface area contributed by atoms with Crippen LogP contribution in [0.3, 0.4) is 0 Å². The van der Waals surface area contributed by atoms with E-state index in [9.17, 15) is 9.59 Å². The maximum Gasteiger partial charge on any atom is 0.350 e. The van der Waals surface area contributed by atoms with Gasteiger partial charge in [0.2, 0.25) is 0 Å². The van der Waals surface area contributed by atoms with Crippen LogP contribution in [0.25, 0.3) is 16.6 Å². The predicted molar refractivity (Wildman–Crippen MR) is 129 cm³/mol. The average molecular weight is 450 g/mol. The van der Waals surface area contributed by atoms with Gasteiger partial charge in [0, 0.05) is 18.6 Å². The van der Waals surface area contributed by atoms with E-state index < -0.39 is 0 Å². The molecule has 0 atom stereocenters. The molecule has 0 saturated carbocycles. The zero-order chi connectivity index (χ0) is 23.7. The highest BCUT2D eigenvalue weighted by Gasteiger charge is 2.18. The van der Waals surface area contributed by atoms with Crippen LogP contribution in [0.15, 0.2) is 51.7 Å². The third kappa shape index (κ3) is 4.57. The van der Waals surface area contributed by atoms with Crippen LogP contribution in [0.2, 0.25) is 0 Å². The number of para-hydroxylation sites is 1. The maximum absolute atomic E-state index is 13.0. The van der Waals surface area contributed by atoms with E-state index in [1.54, 1.807) is 10.5 Å². The number of hydrogen-bond acceptors (Lipinski definition) is 5. The van der Waals surface area contributed by atoms with Crippen LogP contribution in [0.5, 0.6) is 0 Å². The number of amides is 1. The Balaban J connectivity index is 1.44. The van der Waals surface area contributed by atoms with Crippen LogP contribution < -0.4 is 11.0 Å². The smallest absolute Gasteiger partial charge is 0.350 e. The lowest BCUT2D eigenvalue weighted by Crippen LogP contribution is -2.36. The number of furan rings is 1. The summed E-state index contributed by atoms with van der Waals surface area (Å²) in [5.41, 5.74) is 2.15. The third-order valence-electron chi connectivity index (χ3n) is 5.90. The Morgan fingerprint density at radius 2 is 1.85 bits per heavy atom. The van der Waals surface area contributed by atoms with Crippen LogP contribution in [-0.2, 0) is 13.1 Å². The van der Waals surface area contributed by atoms with Crippen LogP contribution in [-0.4, -0.2) is 43.6 Å². The first-order valence-corrected chi connectivity index (χ1v) is 11.4. The zero-order valence-corrected chi connectivity index (χ0v) is 19.8. The fraction of sp³-hybridized carbons (Fsp3) is 0.400. The number of benzene rings is 1. The van der Waals surface area contributed by atoms with Crippen molar-refractivity contribution in [3.8, 4) is 0 Å². The van der Waals surface area contributed by atoms with E-state index in [4.69, 9.17) is 4.42 Å². The summed E-state index contributed by atoms with van der Waals surface area (Å²) in [6.45, 7) is 11.7. The molecular weight excluding hydrogens is 418 g/mol. The minimum atomic E-state index is -0.305. The van der Waals surface area contributed by atoms with Gasteiger partial charge in [-0.2, -0.15) is 0 Å². The lowest BCUT2D eigenvalue weighted by Gasteiger charge is -2.29. The largest absolute Gasteiger partial charge is 0.455 e. The summed E-state index contributed by atoms with van der Waals surface area (Å²) in [4.78, 5) is 27.8. The molecule has 1 amide bonds. The third-order valence-corrected chi connectivity index (χ3v) is 5.90. The first-order valence-electron chi connectivity index (χ1n) is 11.4. The molecule has 4 aromatic rings. The number of rotatable bonds is 8. The minimum Gasteiger partial charge on any atom is -0.455 e. The molecule has 8 heteroatoms. The number of hydrogen-bond donors (Lipinski definition) is 1. The van der Waals surface area contributed by atoms with Crippen molar-refractivity contribution < 1.29 is 9.21 Å². The summed E-state index contributed by atoms with van der Waals surface area (Å²) < 4.78 is 8.79. The summed E-state index contributed by atoms with van der Waals surface area (Å²) >= 11 is 0. The molecule has 3 aromatic heterocycles. The fourth-order valence-corrected chi connectivity index (χ4v) is 4.23. The number of carbonyl (C=O) groups excluding carboxylic acids is 1. The van der Waals surface area contributed by atoms with Crippen molar-refractivity contribution in [2.24, 2.45) is 0 Å². The van der Waals surface area contributed by atoms with E-state index >= 15 is 0 Å². The van der Waals surface area contributed by atoms with Crippen molar-refractivity contribution in [1.82, 2.24) is 24.4 Å². The Bertz CT molecular complexity index is 1340. The summed E-state index contributed by atoms with van der Waals surface area (Å²) in [6, 6.07) is 14.0. The van der Waals surface area contributed by atoms with Gasteiger partial charge in [0.1, 0.15) is 5.76 Å². The summed E-state index contributed by atoms with van der Waals surface area (Å²) in [5, 5.41) is 8.30. The molecule has 3 heterocycles. The molecule has 4 rings (SSSR count).